The Balaban J connectivity index is 1.64. The minimum atomic E-state index is -2.31. The molecule has 0 aliphatic carbocycles. The molecule has 0 bridgehead atoms. The van der Waals surface area contributed by atoms with Gasteiger partial charge in [0.05, 0.1) is 0 Å². The molecule has 0 saturated carbocycles. The van der Waals surface area contributed by atoms with E-state index in [0.29, 0.717) is 0 Å². The molecule has 1 aliphatic heterocycles. The standard InChI is InChI=1S/C37H46N2O7SeSi/c1-36(2,3)48(7,8)46-32-30(45-34(33(32)47-6)39-23-22-31(40)38-35(39)41)24-44-37(25-12-10-9-11-13-25,26-14-18-28(42-4)19-15-26)27-16-20-29(43-5)21-17-27/h9-23,30,32-34H,24H2,1-8H3,(H,38,40,41)/t30-,32-,33-,34-/m1/s1. The number of H-pyrrole nitrogens is 1. The maximum absolute atomic E-state index is 13.1. The van der Waals surface area contributed by atoms with Crippen LogP contribution in [0.1, 0.15) is 43.7 Å². The summed E-state index contributed by atoms with van der Waals surface area (Å²) < 4.78 is 33.7. The van der Waals surface area contributed by atoms with Gasteiger partial charge in [0.2, 0.25) is 0 Å². The molecule has 0 radical (unpaired) electrons. The van der Waals surface area contributed by atoms with E-state index in [4.69, 9.17) is 23.4 Å². The van der Waals surface area contributed by atoms with Crippen LogP contribution in [0.3, 0.4) is 0 Å². The molecule has 48 heavy (non-hydrogen) atoms. The molecule has 1 N–H and O–H groups in total. The number of hydrogen-bond acceptors (Lipinski definition) is 7. The molecule has 11 heteroatoms. The van der Waals surface area contributed by atoms with Gasteiger partial charge in [-0.3, -0.25) is 0 Å². The third-order valence-electron chi connectivity index (χ3n) is 9.56. The fourth-order valence-electron chi connectivity index (χ4n) is 5.89. The zero-order chi connectivity index (χ0) is 34.7. The van der Waals surface area contributed by atoms with Crippen molar-refractivity contribution < 1.29 is 23.4 Å². The van der Waals surface area contributed by atoms with Gasteiger partial charge in [0.1, 0.15) is 0 Å². The second-order valence-electron chi connectivity index (χ2n) is 13.4. The first-order valence-corrected chi connectivity index (χ1v) is 21.6. The second-order valence-corrected chi connectivity index (χ2v) is 20.3. The van der Waals surface area contributed by atoms with Crippen LogP contribution in [0.15, 0.2) is 101 Å². The summed E-state index contributed by atoms with van der Waals surface area (Å²) in [6.07, 6.45) is 0.0188. The van der Waals surface area contributed by atoms with E-state index in [9.17, 15) is 9.59 Å². The van der Waals surface area contributed by atoms with Crippen molar-refractivity contribution in [2.45, 2.75) is 73.6 Å². The normalized spacial score (nSPS) is 20.1. The van der Waals surface area contributed by atoms with Crippen molar-refractivity contribution in [3.8, 4) is 11.5 Å². The van der Waals surface area contributed by atoms with Gasteiger partial charge in [0.25, 0.3) is 0 Å². The Bertz CT molecular complexity index is 1720. The van der Waals surface area contributed by atoms with Gasteiger partial charge in [-0.05, 0) is 0 Å². The molecule has 1 aromatic heterocycles. The summed E-state index contributed by atoms with van der Waals surface area (Å²) in [5.74, 6) is 3.61. The number of aromatic nitrogens is 2. The summed E-state index contributed by atoms with van der Waals surface area (Å²) >= 11 is 0.0184. The fourth-order valence-corrected chi connectivity index (χ4v) is 9.38. The zero-order valence-electron chi connectivity index (χ0n) is 28.9. The Kier molecular flexibility index (Phi) is 10.9. The summed E-state index contributed by atoms with van der Waals surface area (Å²) in [4.78, 5) is 27.3. The monoisotopic (exact) mass is 738 g/mol. The molecule has 4 aromatic rings. The Morgan fingerprint density at radius 3 is 1.85 bits per heavy atom. The van der Waals surface area contributed by atoms with Crippen molar-refractivity contribution >= 4 is 23.3 Å². The third kappa shape index (κ3) is 7.13. The molecular weight excluding hydrogens is 691 g/mol. The Morgan fingerprint density at radius 2 is 1.38 bits per heavy atom. The minimum absolute atomic E-state index is 0.0184. The van der Waals surface area contributed by atoms with E-state index in [-0.39, 0.29) is 37.5 Å². The first-order chi connectivity index (χ1) is 22.8. The molecule has 1 saturated heterocycles. The Morgan fingerprint density at radius 1 is 0.833 bits per heavy atom. The van der Waals surface area contributed by atoms with Gasteiger partial charge >= 0.3 is 291 Å². The van der Waals surface area contributed by atoms with Crippen molar-refractivity contribution in [2.24, 2.45) is 0 Å². The van der Waals surface area contributed by atoms with E-state index in [2.05, 4.69) is 56.8 Å². The second kappa shape index (κ2) is 14.6. The van der Waals surface area contributed by atoms with Gasteiger partial charge in [-0.25, -0.2) is 0 Å². The van der Waals surface area contributed by atoms with Gasteiger partial charge in [0.15, 0.2) is 0 Å². The Hall–Kier alpha value is -3.44. The average Bonchev–Trinajstić information content (AvgIpc) is 3.41. The molecule has 1 aliphatic rings. The molecule has 0 amide bonds. The van der Waals surface area contributed by atoms with Crippen molar-refractivity contribution in [1.82, 2.24) is 9.55 Å². The first-order valence-electron chi connectivity index (χ1n) is 16.0. The Labute approximate surface area is 289 Å². The number of rotatable bonds is 12. The van der Waals surface area contributed by atoms with Gasteiger partial charge in [-0.2, -0.15) is 0 Å². The van der Waals surface area contributed by atoms with Crippen molar-refractivity contribution in [3.63, 3.8) is 0 Å². The molecule has 3 aromatic carbocycles. The summed E-state index contributed by atoms with van der Waals surface area (Å²) in [6.45, 7) is 11.3. The van der Waals surface area contributed by atoms with Crippen LogP contribution in [0.5, 0.6) is 11.5 Å². The molecule has 256 valence electrons. The number of hydrogen-bond donors (Lipinski definition) is 1. The molecular formula is C37H46N2O7SeSi. The van der Waals surface area contributed by atoms with E-state index in [1.165, 1.54) is 16.8 Å². The van der Waals surface area contributed by atoms with Crippen LogP contribution in [-0.4, -0.2) is 65.9 Å². The SMILES string of the molecule is COc1ccc(C(OC[C@H]2O[C@@H](n3ccc(=O)[nH]c3=O)[C@H]([Se]C)[C@@H]2O[Si](C)(C)C(C)(C)C)(c2ccccc2)c2ccc(OC)cc2)cc1. The average molecular weight is 738 g/mol. The van der Waals surface area contributed by atoms with Crippen LogP contribution in [-0.2, 0) is 19.5 Å². The fraction of sp³-hybridized carbons (Fsp3) is 0.405. The van der Waals surface area contributed by atoms with Crippen LogP contribution in [0.25, 0.3) is 0 Å². The predicted octanol–water partition coefficient (Wildman–Crippen LogP) is 6.39. The zero-order valence-corrected chi connectivity index (χ0v) is 31.6. The molecule has 2 heterocycles. The van der Waals surface area contributed by atoms with Crippen molar-refractivity contribution in [3.05, 3.63) is 129 Å². The van der Waals surface area contributed by atoms with Crippen molar-refractivity contribution in [2.75, 3.05) is 20.8 Å². The third-order valence-corrected chi connectivity index (χ3v) is 16.2. The number of benzene rings is 3. The molecule has 0 spiro atoms. The summed E-state index contributed by atoms with van der Waals surface area (Å²) in [5.41, 5.74) is 0.737. The van der Waals surface area contributed by atoms with Crippen molar-refractivity contribution in [1.29, 1.82) is 0 Å². The quantitative estimate of drug-likeness (QED) is 0.133. The van der Waals surface area contributed by atoms with E-state index in [1.807, 2.05) is 66.7 Å². The predicted molar refractivity (Wildman–Crippen MR) is 191 cm³/mol. The summed E-state index contributed by atoms with van der Waals surface area (Å²) in [5, 5.41) is -0.0589. The number of methoxy groups -OCH3 is 2. The topological polar surface area (TPSA) is 101 Å². The van der Waals surface area contributed by atoms with E-state index in [1.54, 1.807) is 14.2 Å². The van der Waals surface area contributed by atoms with E-state index >= 15 is 0 Å². The summed E-state index contributed by atoms with van der Waals surface area (Å²) in [6, 6.07) is 27.3. The number of nitrogens with one attached hydrogen (secondary N) is 1. The molecule has 9 nitrogen and oxygen atoms in total. The van der Waals surface area contributed by atoms with Crippen LogP contribution in [0, 0.1) is 0 Å². The van der Waals surface area contributed by atoms with Gasteiger partial charge < -0.3 is 0 Å². The molecule has 4 atom stereocenters. The van der Waals surface area contributed by atoms with Gasteiger partial charge in [-0.15, -0.1) is 0 Å². The van der Waals surface area contributed by atoms with Gasteiger partial charge in [0, 0.05) is 0 Å². The van der Waals surface area contributed by atoms with Gasteiger partial charge in [-0.1, -0.05) is 0 Å². The van der Waals surface area contributed by atoms with Crippen LogP contribution in [0.2, 0.25) is 28.8 Å². The number of aromatic amines is 1. The van der Waals surface area contributed by atoms with Crippen LogP contribution >= 0.6 is 0 Å². The molecule has 1 fully saturated rings. The number of nitrogens with zero attached hydrogens (tertiary/aromatic N) is 1. The first kappa shape index (κ1) is 35.9. The van der Waals surface area contributed by atoms with E-state index in [0.717, 1.165) is 28.2 Å². The van der Waals surface area contributed by atoms with E-state index < -0.39 is 37.5 Å². The van der Waals surface area contributed by atoms with Crippen LogP contribution in [0.4, 0.5) is 0 Å². The molecule has 0 unspecified atom stereocenters. The summed E-state index contributed by atoms with van der Waals surface area (Å²) in [7, 11) is 0.987. The molecule has 5 rings (SSSR count). The van der Waals surface area contributed by atoms with Crippen LogP contribution < -0.4 is 20.7 Å². The maximum atomic E-state index is 13.1. The number of ether oxygens (including phenoxy) is 4.